The second-order valence-corrected chi connectivity index (χ2v) is 10.2. The van der Waals surface area contributed by atoms with Gasteiger partial charge in [-0.15, -0.1) is 0 Å². The third-order valence-electron chi connectivity index (χ3n) is 6.43. The van der Waals surface area contributed by atoms with Crippen molar-refractivity contribution in [3.8, 4) is 0 Å². The molecule has 0 bridgehead atoms. The number of nitrogens with zero attached hydrogens (tertiary/aromatic N) is 1. The van der Waals surface area contributed by atoms with E-state index < -0.39 is 10.0 Å². The fraction of sp³-hybridized carbons (Fsp3) is 0.417. The molecule has 2 aromatic carbocycles. The number of aryl methyl sites for hydroxylation is 2. The highest BCUT2D eigenvalue weighted by Crippen LogP contribution is 2.38. The van der Waals surface area contributed by atoms with Crippen molar-refractivity contribution >= 4 is 27.5 Å². The topological polar surface area (TPSA) is 83.6 Å². The van der Waals surface area contributed by atoms with Crippen molar-refractivity contribution in [2.45, 2.75) is 57.4 Å². The van der Waals surface area contributed by atoms with Crippen molar-refractivity contribution in [1.82, 2.24) is 4.90 Å². The van der Waals surface area contributed by atoms with E-state index in [0.29, 0.717) is 16.8 Å². The molecule has 2 amide bonds. The molecular weight excluding hydrogens is 412 g/mol. The van der Waals surface area contributed by atoms with E-state index in [1.54, 1.807) is 37.3 Å². The highest BCUT2D eigenvalue weighted by Gasteiger charge is 2.47. The standard InChI is InChI=1S/C24H28N2O4S/c1-3-17-10-12-19(13-11-17)25-31(29,30)22-14-18(9-8-16(22)2)15-26-23(27)20-6-4-5-7-21(20)24(26)28/h8-14,20-21,25H,3-7,15H2,1-2H3/t20-,21+. The van der Waals surface area contributed by atoms with Gasteiger partial charge in [0.15, 0.2) is 0 Å². The van der Waals surface area contributed by atoms with Gasteiger partial charge >= 0.3 is 0 Å². The highest BCUT2D eigenvalue weighted by atomic mass is 32.2. The lowest BCUT2D eigenvalue weighted by atomic mass is 9.81. The summed E-state index contributed by atoms with van der Waals surface area (Å²) in [6, 6.07) is 12.4. The number of hydrogen-bond donors (Lipinski definition) is 1. The largest absolute Gasteiger partial charge is 0.280 e. The number of rotatable bonds is 6. The third-order valence-corrected chi connectivity index (χ3v) is 7.95. The quantitative estimate of drug-likeness (QED) is 0.688. The summed E-state index contributed by atoms with van der Waals surface area (Å²) >= 11 is 0. The molecule has 2 atom stereocenters. The van der Waals surface area contributed by atoms with E-state index in [1.807, 2.05) is 19.1 Å². The summed E-state index contributed by atoms with van der Waals surface area (Å²) in [6.45, 7) is 3.89. The van der Waals surface area contributed by atoms with Gasteiger partial charge in [-0.3, -0.25) is 19.2 Å². The van der Waals surface area contributed by atoms with Crippen molar-refractivity contribution in [2.75, 3.05) is 4.72 Å². The van der Waals surface area contributed by atoms with Crippen LogP contribution in [0.1, 0.15) is 49.3 Å². The summed E-state index contributed by atoms with van der Waals surface area (Å²) in [5, 5.41) is 0. The maximum atomic E-state index is 13.0. The predicted octanol–water partition coefficient (Wildman–Crippen LogP) is 4.03. The molecule has 2 fully saturated rings. The average Bonchev–Trinajstić information content (AvgIpc) is 3.00. The van der Waals surface area contributed by atoms with Gasteiger partial charge in [-0.05, 0) is 61.1 Å². The van der Waals surface area contributed by atoms with Gasteiger partial charge in [-0.2, -0.15) is 0 Å². The Morgan fingerprint density at radius 2 is 1.52 bits per heavy atom. The molecule has 1 saturated heterocycles. The highest BCUT2D eigenvalue weighted by molar-refractivity contribution is 7.92. The first-order chi connectivity index (χ1) is 14.8. The number of hydrogen-bond acceptors (Lipinski definition) is 4. The molecule has 0 unspecified atom stereocenters. The Bertz CT molecular complexity index is 1080. The van der Waals surface area contributed by atoms with Gasteiger partial charge in [0.05, 0.1) is 23.3 Å². The second-order valence-electron chi connectivity index (χ2n) is 8.52. The van der Waals surface area contributed by atoms with E-state index in [4.69, 9.17) is 0 Å². The molecule has 31 heavy (non-hydrogen) atoms. The van der Waals surface area contributed by atoms with Crippen LogP contribution in [0.5, 0.6) is 0 Å². The van der Waals surface area contributed by atoms with Crippen LogP contribution in [-0.4, -0.2) is 25.1 Å². The Labute approximate surface area is 183 Å². The van der Waals surface area contributed by atoms with E-state index in [1.165, 1.54) is 4.90 Å². The van der Waals surface area contributed by atoms with Crippen LogP contribution >= 0.6 is 0 Å². The summed E-state index contributed by atoms with van der Waals surface area (Å²) < 4.78 is 28.7. The molecule has 2 aromatic rings. The lowest BCUT2D eigenvalue weighted by Crippen LogP contribution is -2.30. The zero-order chi connectivity index (χ0) is 22.2. The van der Waals surface area contributed by atoms with E-state index in [-0.39, 0.29) is 35.1 Å². The molecule has 0 radical (unpaired) electrons. The van der Waals surface area contributed by atoms with Gasteiger partial charge in [0, 0.05) is 5.69 Å². The Balaban J connectivity index is 1.56. The molecule has 2 aliphatic rings. The normalized spacial score (nSPS) is 21.3. The molecule has 4 rings (SSSR count). The minimum absolute atomic E-state index is 0.110. The Hall–Kier alpha value is -2.67. The fourth-order valence-corrected chi connectivity index (χ4v) is 5.98. The first-order valence-corrected chi connectivity index (χ1v) is 12.3. The number of amides is 2. The maximum Gasteiger partial charge on any atom is 0.262 e. The zero-order valence-electron chi connectivity index (χ0n) is 17.9. The van der Waals surface area contributed by atoms with Gasteiger partial charge < -0.3 is 0 Å². The summed E-state index contributed by atoms with van der Waals surface area (Å²) in [5.41, 5.74) is 2.86. The van der Waals surface area contributed by atoms with Crippen molar-refractivity contribution in [3.05, 3.63) is 59.2 Å². The van der Waals surface area contributed by atoms with Crippen LogP contribution in [0.4, 0.5) is 5.69 Å². The van der Waals surface area contributed by atoms with Gasteiger partial charge in [0.2, 0.25) is 11.8 Å². The molecular formula is C24H28N2O4S. The van der Waals surface area contributed by atoms with Crippen LogP contribution in [0.3, 0.4) is 0 Å². The monoisotopic (exact) mass is 440 g/mol. The van der Waals surface area contributed by atoms with Crippen LogP contribution < -0.4 is 4.72 Å². The van der Waals surface area contributed by atoms with Gasteiger partial charge in [-0.1, -0.05) is 44.0 Å². The number of imide groups is 1. The molecule has 6 nitrogen and oxygen atoms in total. The Kier molecular flexibility index (Phi) is 5.88. The molecule has 7 heteroatoms. The Morgan fingerprint density at radius 3 is 2.10 bits per heavy atom. The summed E-state index contributed by atoms with van der Waals surface area (Å²) in [7, 11) is -3.81. The first kappa shape index (κ1) is 21.6. The minimum Gasteiger partial charge on any atom is -0.280 e. The van der Waals surface area contributed by atoms with Gasteiger partial charge in [0.1, 0.15) is 0 Å². The maximum absolute atomic E-state index is 13.0. The number of fused-ring (bicyclic) bond motifs is 1. The number of nitrogens with one attached hydrogen (secondary N) is 1. The zero-order valence-corrected chi connectivity index (χ0v) is 18.7. The molecule has 164 valence electrons. The lowest BCUT2D eigenvalue weighted by Gasteiger charge is -2.19. The van der Waals surface area contributed by atoms with Crippen LogP contribution in [-0.2, 0) is 32.6 Å². The van der Waals surface area contributed by atoms with Crippen LogP contribution in [0.25, 0.3) is 0 Å². The van der Waals surface area contributed by atoms with Crippen molar-refractivity contribution in [3.63, 3.8) is 0 Å². The minimum atomic E-state index is -3.81. The van der Waals surface area contributed by atoms with E-state index in [0.717, 1.165) is 37.7 Å². The number of sulfonamides is 1. The van der Waals surface area contributed by atoms with Gasteiger partial charge in [-0.25, -0.2) is 8.42 Å². The van der Waals surface area contributed by atoms with E-state index in [9.17, 15) is 18.0 Å². The van der Waals surface area contributed by atoms with Crippen LogP contribution in [0, 0.1) is 18.8 Å². The molecule has 0 spiro atoms. The predicted molar refractivity (Wildman–Crippen MR) is 119 cm³/mol. The SMILES string of the molecule is CCc1ccc(NS(=O)(=O)c2cc(CN3C(=O)[C@H]4CCCC[C@H]4C3=O)ccc2C)cc1. The molecule has 1 aliphatic heterocycles. The van der Waals surface area contributed by atoms with Gasteiger partial charge in [0.25, 0.3) is 10.0 Å². The summed E-state index contributed by atoms with van der Waals surface area (Å²) in [5.74, 6) is -0.645. The van der Waals surface area contributed by atoms with Crippen molar-refractivity contribution in [1.29, 1.82) is 0 Å². The average molecular weight is 441 g/mol. The number of likely N-dealkylation sites (tertiary alicyclic amines) is 1. The lowest BCUT2D eigenvalue weighted by molar-refractivity contribution is -0.140. The van der Waals surface area contributed by atoms with Crippen molar-refractivity contribution < 1.29 is 18.0 Å². The Morgan fingerprint density at radius 1 is 0.935 bits per heavy atom. The number of benzene rings is 2. The second kappa shape index (κ2) is 8.46. The number of carbonyl (C=O) groups excluding carboxylic acids is 2. The fourth-order valence-electron chi connectivity index (χ4n) is 4.62. The smallest absolute Gasteiger partial charge is 0.262 e. The first-order valence-electron chi connectivity index (χ1n) is 10.9. The van der Waals surface area contributed by atoms with Crippen molar-refractivity contribution in [2.24, 2.45) is 11.8 Å². The third kappa shape index (κ3) is 4.24. The van der Waals surface area contributed by atoms with E-state index in [2.05, 4.69) is 4.72 Å². The molecule has 1 heterocycles. The van der Waals surface area contributed by atoms with E-state index >= 15 is 0 Å². The number of anilines is 1. The molecule has 1 N–H and O–H groups in total. The summed E-state index contributed by atoms with van der Waals surface area (Å²) in [4.78, 5) is 27.0. The summed E-state index contributed by atoms with van der Waals surface area (Å²) in [6.07, 6.45) is 4.36. The number of carbonyl (C=O) groups is 2. The molecule has 1 aliphatic carbocycles. The van der Waals surface area contributed by atoms with Crippen LogP contribution in [0.15, 0.2) is 47.4 Å². The molecule has 0 aromatic heterocycles. The van der Waals surface area contributed by atoms with Crippen LogP contribution in [0.2, 0.25) is 0 Å². The molecule has 1 saturated carbocycles.